The predicted molar refractivity (Wildman–Crippen MR) is 96.6 cm³/mol. The fourth-order valence-corrected chi connectivity index (χ4v) is 2.35. The minimum Gasteiger partial charge on any atom is -0.466 e. The molecule has 120 valence electrons. The van der Waals surface area contributed by atoms with E-state index in [0.717, 1.165) is 27.7 Å². The van der Waals surface area contributed by atoms with Gasteiger partial charge in [-0.25, -0.2) is 4.79 Å². The monoisotopic (exact) mass is 318 g/mol. The van der Waals surface area contributed by atoms with Crippen LogP contribution < -0.4 is 5.32 Å². The fraction of sp³-hybridized carbons (Fsp3) is 0.100. The number of ether oxygens (including phenoxy) is 1. The number of carbonyl (C=O) groups excluding carboxylic acids is 1. The summed E-state index contributed by atoms with van der Waals surface area (Å²) in [6.45, 7) is 0.709. The number of hydrogen-bond donors (Lipinski definition) is 1. The zero-order chi connectivity index (χ0) is 16.8. The van der Waals surface area contributed by atoms with Gasteiger partial charge in [0.1, 0.15) is 0 Å². The number of nitrogens with one attached hydrogen (secondary N) is 1. The van der Waals surface area contributed by atoms with Crippen LogP contribution in [0.3, 0.4) is 0 Å². The molecule has 0 saturated heterocycles. The Bertz CT molecular complexity index is 870. The molecule has 3 aromatic rings. The first-order valence-electron chi connectivity index (χ1n) is 7.68. The number of nitrogens with zero attached hydrogens (tertiary/aromatic N) is 1. The highest BCUT2D eigenvalue weighted by Crippen LogP contribution is 2.17. The standard InChI is InChI=1S/C20H18N2O2/c1-24-20(23)11-10-15-6-8-16(9-7-15)13-21-18-12-17-4-2-3-5-19(17)22-14-18/h2-12,14,21H,13H2,1H3/b11-10+. The highest BCUT2D eigenvalue weighted by atomic mass is 16.5. The second kappa shape index (κ2) is 7.42. The summed E-state index contributed by atoms with van der Waals surface area (Å²) in [6.07, 6.45) is 4.99. The summed E-state index contributed by atoms with van der Waals surface area (Å²) in [4.78, 5) is 15.5. The van der Waals surface area contributed by atoms with Crippen LogP contribution in [0, 0.1) is 0 Å². The number of hydrogen-bond acceptors (Lipinski definition) is 4. The maximum Gasteiger partial charge on any atom is 0.330 e. The lowest BCUT2D eigenvalue weighted by Gasteiger charge is -2.07. The van der Waals surface area contributed by atoms with Gasteiger partial charge in [-0.2, -0.15) is 0 Å². The molecule has 0 bridgehead atoms. The van der Waals surface area contributed by atoms with Crippen LogP contribution in [0.15, 0.2) is 66.9 Å². The van der Waals surface area contributed by atoms with Crippen molar-refractivity contribution in [3.8, 4) is 0 Å². The van der Waals surface area contributed by atoms with Crippen LogP contribution in [0.5, 0.6) is 0 Å². The number of aromatic nitrogens is 1. The van der Waals surface area contributed by atoms with E-state index in [-0.39, 0.29) is 5.97 Å². The minimum absolute atomic E-state index is 0.357. The zero-order valence-electron chi connectivity index (χ0n) is 13.4. The molecule has 0 unspecified atom stereocenters. The van der Waals surface area contributed by atoms with E-state index in [0.29, 0.717) is 6.54 Å². The van der Waals surface area contributed by atoms with E-state index in [1.165, 1.54) is 13.2 Å². The summed E-state index contributed by atoms with van der Waals surface area (Å²) in [5, 5.41) is 4.49. The third-order valence-electron chi connectivity index (χ3n) is 3.68. The summed E-state index contributed by atoms with van der Waals surface area (Å²) >= 11 is 0. The SMILES string of the molecule is COC(=O)/C=C/c1ccc(CNc2cnc3ccccc3c2)cc1. The van der Waals surface area contributed by atoms with Crippen molar-refractivity contribution in [3.05, 3.63) is 78.0 Å². The third-order valence-corrected chi connectivity index (χ3v) is 3.68. The molecule has 3 rings (SSSR count). The largest absolute Gasteiger partial charge is 0.466 e. The van der Waals surface area contributed by atoms with E-state index in [9.17, 15) is 4.79 Å². The van der Waals surface area contributed by atoms with Gasteiger partial charge in [-0.05, 0) is 29.3 Å². The van der Waals surface area contributed by atoms with Gasteiger partial charge in [0, 0.05) is 18.0 Å². The summed E-state index contributed by atoms with van der Waals surface area (Å²) in [6, 6.07) is 18.1. The number of methoxy groups -OCH3 is 1. The van der Waals surface area contributed by atoms with Crippen molar-refractivity contribution in [2.45, 2.75) is 6.54 Å². The zero-order valence-corrected chi connectivity index (χ0v) is 13.4. The lowest BCUT2D eigenvalue weighted by molar-refractivity contribution is -0.134. The van der Waals surface area contributed by atoms with Crippen molar-refractivity contribution >= 4 is 28.6 Å². The third kappa shape index (κ3) is 3.98. The molecule has 24 heavy (non-hydrogen) atoms. The molecule has 4 nitrogen and oxygen atoms in total. The molecule has 1 N–H and O–H groups in total. The Morgan fingerprint density at radius 3 is 2.75 bits per heavy atom. The fourth-order valence-electron chi connectivity index (χ4n) is 2.35. The molecule has 0 amide bonds. The highest BCUT2D eigenvalue weighted by molar-refractivity contribution is 5.86. The van der Waals surface area contributed by atoms with Gasteiger partial charge < -0.3 is 10.1 Å². The van der Waals surface area contributed by atoms with Crippen molar-refractivity contribution in [2.24, 2.45) is 0 Å². The number of pyridine rings is 1. The molecule has 0 aliphatic carbocycles. The summed E-state index contributed by atoms with van der Waals surface area (Å²) in [5.74, 6) is -0.357. The van der Waals surface area contributed by atoms with E-state index < -0.39 is 0 Å². The lowest BCUT2D eigenvalue weighted by atomic mass is 10.1. The average molecular weight is 318 g/mol. The number of benzene rings is 2. The number of carbonyl (C=O) groups is 1. The van der Waals surface area contributed by atoms with Crippen molar-refractivity contribution in [1.29, 1.82) is 0 Å². The Morgan fingerprint density at radius 1 is 1.17 bits per heavy atom. The van der Waals surface area contributed by atoms with Crippen LogP contribution in [0.1, 0.15) is 11.1 Å². The van der Waals surface area contributed by atoms with E-state index in [1.54, 1.807) is 6.08 Å². The topological polar surface area (TPSA) is 51.2 Å². The predicted octanol–water partition coefficient (Wildman–Crippen LogP) is 4.03. The van der Waals surface area contributed by atoms with Gasteiger partial charge in [0.2, 0.25) is 0 Å². The Balaban J connectivity index is 1.63. The second-order valence-electron chi connectivity index (χ2n) is 5.37. The normalized spacial score (nSPS) is 10.9. The Morgan fingerprint density at radius 2 is 1.96 bits per heavy atom. The summed E-state index contributed by atoms with van der Waals surface area (Å²) < 4.78 is 4.57. The summed E-state index contributed by atoms with van der Waals surface area (Å²) in [7, 11) is 1.36. The van der Waals surface area contributed by atoms with Gasteiger partial charge in [0.25, 0.3) is 0 Å². The first kappa shape index (κ1) is 15.7. The molecule has 0 spiro atoms. The molecule has 2 aromatic carbocycles. The maximum atomic E-state index is 11.1. The molecule has 0 aliphatic heterocycles. The number of para-hydroxylation sites is 1. The molecule has 1 heterocycles. The number of rotatable bonds is 5. The van der Waals surface area contributed by atoms with Crippen LogP contribution in [0.25, 0.3) is 17.0 Å². The van der Waals surface area contributed by atoms with Crippen molar-refractivity contribution in [1.82, 2.24) is 4.98 Å². The second-order valence-corrected chi connectivity index (χ2v) is 5.37. The van der Waals surface area contributed by atoms with Crippen LogP contribution in [-0.2, 0) is 16.1 Å². The van der Waals surface area contributed by atoms with E-state index >= 15 is 0 Å². The number of anilines is 1. The van der Waals surface area contributed by atoms with E-state index in [2.05, 4.69) is 27.2 Å². The first-order chi connectivity index (χ1) is 11.7. The number of fused-ring (bicyclic) bond motifs is 1. The molecule has 0 aliphatic rings. The number of esters is 1. The van der Waals surface area contributed by atoms with Crippen LogP contribution in [-0.4, -0.2) is 18.1 Å². The first-order valence-corrected chi connectivity index (χ1v) is 7.68. The lowest BCUT2D eigenvalue weighted by Crippen LogP contribution is -1.99. The molecular weight excluding hydrogens is 300 g/mol. The van der Waals surface area contributed by atoms with Crippen molar-refractivity contribution in [3.63, 3.8) is 0 Å². The van der Waals surface area contributed by atoms with Crippen LogP contribution >= 0.6 is 0 Å². The molecule has 0 saturated carbocycles. The maximum absolute atomic E-state index is 11.1. The van der Waals surface area contributed by atoms with Gasteiger partial charge in [0.05, 0.1) is 24.5 Å². The highest BCUT2D eigenvalue weighted by Gasteiger charge is 1.98. The average Bonchev–Trinajstić information content (AvgIpc) is 2.65. The minimum atomic E-state index is -0.357. The smallest absolute Gasteiger partial charge is 0.330 e. The molecule has 0 atom stereocenters. The Labute approximate surface area is 140 Å². The van der Waals surface area contributed by atoms with E-state index in [4.69, 9.17) is 0 Å². The van der Waals surface area contributed by atoms with Gasteiger partial charge in [-0.15, -0.1) is 0 Å². The molecular formula is C20H18N2O2. The summed E-state index contributed by atoms with van der Waals surface area (Å²) in [5.41, 5.74) is 4.09. The van der Waals surface area contributed by atoms with Gasteiger partial charge >= 0.3 is 5.97 Å². The van der Waals surface area contributed by atoms with Crippen LogP contribution in [0.2, 0.25) is 0 Å². The molecule has 1 aromatic heterocycles. The molecule has 0 fully saturated rings. The Hall–Kier alpha value is -3.14. The molecule has 4 heteroatoms. The van der Waals surface area contributed by atoms with Crippen molar-refractivity contribution < 1.29 is 9.53 Å². The quantitative estimate of drug-likeness (QED) is 0.570. The van der Waals surface area contributed by atoms with Gasteiger partial charge in [-0.3, -0.25) is 4.98 Å². The van der Waals surface area contributed by atoms with Gasteiger partial charge in [-0.1, -0.05) is 42.5 Å². The van der Waals surface area contributed by atoms with Crippen molar-refractivity contribution in [2.75, 3.05) is 12.4 Å². The van der Waals surface area contributed by atoms with E-state index in [1.807, 2.05) is 48.7 Å². The van der Waals surface area contributed by atoms with Crippen LogP contribution in [0.4, 0.5) is 5.69 Å². The molecule has 0 radical (unpaired) electrons. The van der Waals surface area contributed by atoms with Gasteiger partial charge in [0.15, 0.2) is 0 Å². The Kier molecular flexibility index (Phi) is 4.87.